The molecule has 138 heavy (non-hydrogen) atoms. The number of fused-ring (bicyclic) bond motifs is 10. The van der Waals surface area contributed by atoms with Gasteiger partial charge in [-0.1, -0.05) is 161 Å². The summed E-state index contributed by atoms with van der Waals surface area (Å²) in [7, 11) is 0. The monoisotopic (exact) mass is 1910 g/mol. The normalized spacial score (nSPS) is 30.2. The summed E-state index contributed by atoms with van der Waals surface area (Å²) in [5.74, 6) is -17.4. The zero-order valence-corrected chi connectivity index (χ0v) is 77.7. The lowest BCUT2D eigenvalue weighted by atomic mass is 9.44. The number of aliphatic hydroxyl groups is 5. The van der Waals surface area contributed by atoms with Crippen LogP contribution in [-0.2, 0) is 114 Å². The first-order valence-corrected chi connectivity index (χ1v) is 45.0. The molecule has 6 aromatic carbocycles. The molecule has 0 unspecified atom stereocenters. The topological polar surface area (TPSA) is 529 Å². The van der Waals surface area contributed by atoms with Crippen LogP contribution in [0.15, 0.2) is 204 Å². The molecule has 7 fully saturated rings. The Morgan fingerprint density at radius 2 is 0.783 bits per heavy atom. The number of hydrogen-bond donors (Lipinski definition) is 8. The van der Waals surface area contributed by atoms with E-state index < -0.39 is 262 Å². The summed E-state index contributed by atoms with van der Waals surface area (Å²) in [6.45, 7) is 15.7. The summed E-state index contributed by atoms with van der Waals surface area (Å²) < 4.78 is 70.6. The highest BCUT2D eigenvalue weighted by atomic mass is 16.7. The number of hydrogen-bond acceptors (Lipinski definition) is 33. The number of ketones is 2. The molecule has 732 valence electrons. The summed E-state index contributed by atoms with van der Waals surface area (Å²) in [4.78, 5) is 214. The predicted molar refractivity (Wildman–Crippen MR) is 476 cm³/mol. The summed E-state index contributed by atoms with van der Waals surface area (Å²) in [6.07, 6.45) is -22.4. The highest BCUT2D eigenvalue weighted by Gasteiger charge is 2.81. The van der Waals surface area contributed by atoms with Crippen molar-refractivity contribution in [2.24, 2.45) is 33.5 Å². The van der Waals surface area contributed by atoms with Gasteiger partial charge >= 0.3 is 71.6 Å². The molecule has 4 bridgehead atoms. The second kappa shape index (κ2) is 40.4. The summed E-state index contributed by atoms with van der Waals surface area (Å²) in [5.41, 5.74) is -14.8. The minimum absolute atomic E-state index is 0.00289. The SMILES string of the molecule is CC(=O)O[C@H]1C(=O)[C@@]2(C)[C@H]([C@H](OC(=O)c3ccccc3)[C@]3(O)C[C@H](OC(=O)[C@H](O)[C@@H](NC(=O)c4ccccc4)c4ccccc4)C(C)=C1C3(C)C)[C@]1(OC(C)=O)CO[C@@H]1C[C@@H]2O.CC(=O)O[C@H]1C(=O)[C@@]2(C)[C@H]([C@H](OC(=O)c3ccccc3)[C@]3(O)C[C@H](OC(=O)[C@H](OC(=O)CCC(=O)O)[C@@H](NC(=O)c4ccccc4)c4ccccc4)C(C)=C1C3(C)C)[C@]1(OC(C)=O)CO[C@@H]1C[C@@H]2O.O=C1CCC(=O)O1. The summed E-state index contributed by atoms with van der Waals surface area (Å²) in [6, 6.07) is 45.0. The molecule has 3 saturated heterocycles. The van der Waals surface area contributed by atoms with E-state index >= 15 is 14.4 Å². The molecule has 22 atom stereocenters. The van der Waals surface area contributed by atoms with Crippen molar-refractivity contribution in [3.05, 3.63) is 238 Å². The second-order valence-corrected chi connectivity index (χ2v) is 37.4. The van der Waals surface area contributed by atoms with Gasteiger partial charge < -0.3 is 98.1 Å². The minimum Gasteiger partial charge on any atom is -0.481 e. The zero-order valence-electron chi connectivity index (χ0n) is 77.7. The number of carboxylic acid groups (broad SMARTS) is 1. The zero-order chi connectivity index (χ0) is 100. The Labute approximate surface area is 792 Å². The number of carboxylic acids is 1. The van der Waals surface area contributed by atoms with Crippen molar-refractivity contribution < 1.29 is 164 Å². The Hall–Kier alpha value is -13.4. The van der Waals surface area contributed by atoms with Crippen molar-refractivity contribution in [3.8, 4) is 0 Å². The average Bonchev–Trinajstić information content (AvgIpc) is 0.689. The van der Waals surface area contributed by atoms with Crippen LogP contribution in [0.4, 0.5) is 0 Å². The molecule has 9 aliphatic rings. The number of carbonyl (C=O) groups is 16. The smallest absolute Gasteiger partial charge is 0.350 e. The number of Topliss-reactive ketones (excluding diaryl/α,β-unsaturated/α-hetero) is 2. The quantitative estimate of drug-likeness (QED) is 0.0124. The van der Waals surface area contributed by atoms with E-state index in [9.17, 15) is 93.0 Å². The van der Waals surface area contributed by atoms with Crippen molar-refractivity contribution in [2.75, 3.05) is 13.2 Å². The number of amides is 2. The van der Waals surface area contributed by atoms with Crippen LogP contribution in [0.5, 0.6) is 0 Å². The van der Waals surface area contributed by atoms with Gasteiger partial charge in [-0.05, 0) is 110 Å². The van der Waals surface area contributed by atoms with E-state index in [0.29, 0.717) is 5.56 Å². The highest BCUT2D eigenvalue weighted by molar-refractivity contribution is 5.99. The third-order valence-corrected chi connectivity index (χ3v) is 28.5. The third-order valence-electron chi connectivity index (χ3n) is 28.5. The van der Waals surface area contributed by atoms with E-state index in [2.05, 4.69) is 15.4 Å². The molecule has 36 heteroatoms. The van der Waals surface area contributed by atoms with E-state index in [1.807, 2.05) is 0 Å². The van der Waals surface area contributed by atoms with Gasteiger partial charge in [0.05, 0.1) is 90.9 Å². The van der Waals surface area contributed by atoms with Gasteiger partial charge in [-0.2, -0.15) is 0 Å². The van der Waals surface area contributed by atoms with Gasteiger partial charge in [0.15, 0.2) is 41.1 Å². The number of ether oxygens (including phenoxy) is 12. The lowest BCUT2D eigenvalue weighted by Gasteiger charge is -2.67. The van der Waals surface area contributed by atoms with Gasteiger partial charge in [0.25, 0.3) is 11.8 Å². The van der Waals surface area contributed by atoms with Crippen LogP contribution < -0.4 is 10.6 Å². The summed E-state index contributed by atoms with van der Waals surface area (Å²) in [5, 5.41) is 78.4. The van der Waals surface area contributed by atoms with Crippen LogP contribution in [0.2, 0.25) is 0 Å². The number of benzene rings is 6. The molecular formula is C102H110N2O34. The van der Waals surface area contributed by atoms with Crippen molar-refractivity contribution in [1.29, 1.82) is 0 Å². The Balaban J connectivity index is 0.000000218. The van der Waals surface area contributed by atoms with Gasteiger partial charge in [-0.25, -0.2) is 19.2 Å². The van der Waals surface area contributed by atoms with Crippen LogP contribution in [0.25, 0.3) is 0 Å². The average molecular weight is 1910 g/mol. The molecule has 6 aromatic rings. The molecule has 36 nitrogen and oxygen atoms in total. The lowest BCUT2D eigenvalue weighted by molar-refractivity contribution is -0.346. The number of cyclic esters (lactones) is 2. The van der Waals surface area contributed by atoms with Gasteiger partial charge in [0.1, 0.15) is 53.9 Å². The molecule has 0 aromatic heterocycles. The molecule has 3 aliphatic heterocycles. The van der Waals surface area contributed by atoms with Crippen LogP contribution in [0.3, 0.4) is 0 Å². The maximum Gasteiger partial charge on any atom is 0.350 e. The Morgan fingerprint density at radius 3 is 1.11 bits per heavy atom. The van der Waals surface area contributed by atoms with E-state index in [1.54, 1.807) is 159 Å². The molecule has 0 radical (unpaired) electrons. The number of nitrogens with one attached hydrogen (secondary N) is 2. The number of rotatable bonds is 24. The first-order chi connectivity index (χ1) is 65.1. The largest absolute Gasteiger partial charge is 0.481 e. The van der Waals surface area contributed by atoms with E-state index in [4.69, 9.17) is 52.1 Å². The Kier molecular flexibility index (Phi) is 29.8. The molecule has 4 saturated carbocycles. The second-order valence-electron chi connectivity index (χ2n) is 37.4. The summed E-state index contributed by atoms with van der Waals surface area (Å²) >= 11 is 0. The van der Waals surface area contributed by atoms with Gasteiger partial charge in [0.2, 0.25) is 6.10 Å². The van der Waals surface area contributed by atoms with Crippen molar-refractivity contribution >= 4 is 95.0 Å². The predicted octanol–water partition coefficient (Wildman–Crippen LogP) is 7.74. The fraction of sp³-hybridized carbons (Fsp3) is 0.451. The van der Waals surface area contributed by atoms with Crippen molar-refractivity contribution in [1.82, 2.24) is 10.6 Å². The lowest BCUT2D eigenvalue weighted by Crippen LogP contribution is -2.82. The molecule has 2 amide bonds. The minimum atomic E-state index is -2.50. The van der Waals surface area contributed by atoms with Crippen LogP contribution in [0.1, 0.15) is 199 Å². The van der Waals surface area contributed by atoms with E-state index in [0.717, 1.165) is 27.7 Å². The molecule has 0 spiro atoms. The molecule has 6 aliphatic carbocycles. The van der Waals surface area contributed by atoms with Crippen molar-refractivity contribution in [3.63, 3.8) is 0 Å². The fourth-order valence-corrected chi connectivity index (χ4v) is 21.3. The number of aliphatic hydroxyl groups excluding tert-OH is 3. The van der Waals surface area contributed by atoms with Gasteiger partial charge in [0, 0.05) is 75.3 Å². The van der Waals surface area contributed by atoms with Crippen molar-refractivity contribution in [2.45, 2.75) is 242 Å². The van der Waals surface area contributed by atoms with Crippen LogP contribution in [0, 0.1) is 33.5 Å². The highest BCUT2D eigenvalue weighted by Crippen LogP contribution is 2.67. The number of carbonyl (C=O) groups excluding carboxylic acids is 15. The van der Waals surface area contributed by atoms with Crippen LogP contribution in [-0.4, -0.2) is 235 Å². The standard InChI is InChI=1S/C51H55NO17.C47H51NO14.C4H4O3/c1-27-33(66-47(62)41(67-37(58)23-22-36(56)57)39(30-16-10-7-11-17-30)52-45(60)31-18-12-8-13-19-31)25-51(63)44(68-46(61)32-20-14-9-15-21-32)42-49(6,34(55)24-35-50(42,26-64-35)69-29(3)54)43(59)40(65-28(2)53)38(27)48(51,4)5;1-25-31(60-43(56)36(52)35(28-16-10-7-11-17-28)48-41(54)29-18-12-8-13-19-29)23-47(57)40(61-42(55)30-20-14-9-15-21-30)38-45(6,32(51)22-33-46(38,24-58-33)62-27(3)50)39(53)37(59-26(2)49)34(25)44(47,4)5;5-3-1-2-4(6)7-3/h7-21,33-35,39-42,44,55,63H,22-26H2,1-6H3,(H,52,60)(H,56,57);7-21,31-33,35-38,40,51-52,57H,22-24H2,1-6H3,(H,48,54);1-2H2/t33-,34-,35+,39-,40+,41+,42-,44-,49+,50-,51+;31-,32-,33+,35-,36+,37+,38-,40-,45+,46-,47+;/m00./s1. The molecule has 3 heterocycles. The first kappa shape index (κ1) is 102. The maximum atomic E-state index is 15.7. The number of aliphatic carboxylic acids is 1. The number of esters is 11. The van der Waals surface area contributed by atoms with Gasteiger partial charge in [-0.15, -0.1) is 0 Å². The third kappa shape index (κ3) is 19.3. The van der Waals surface area contributed by atoms with E-state index in [-0.39, 0.29) is 89.0 Å². The Bertz CT molecular complexity index is 5780. The Morgan fingerprint density at radius 1 is 0.442 bits per heavy atom. The van der Waals surface area contributed by atoms with E-state index in [1.165, 1.54) is 77.9 Å². The molecule has 8 N–H and O–H groups in total. The van der Waals surface area contributed by atoms with Crippen LogP contribution >= 0.6 is 0 Å². The molecular weight excluding hydrogens is 1800 g/mol. The molecule has 15 rings (SSSR count). The van der Waals surface area contributed by atoms with Gasteiger partial charge in [-0.3, -0.25) is 57.5 Å². The maximum absolute atomic E-state index is 15.7. The first-order valence-electron chi connectivity index (χ1n) is 45.0. The fourth-order valence-electron chi connectivity index (χ4n) is 21.3.